The highest BCUT2D eigenvalue weighted by molar-refractivity contribution is 5.79. The maximum Gasteiger partial charge on any atom is 0.178 e. The second-order valence-corrected chi connectivity index (χ2v) is 5.60. The molecule has 2 heterocycles. The van der Waals surface area contributed by atoms with Gasteiger partial charge in [0, 0.05) is 11.6 Å². The van der Waals surface area contributed by atoms with E-state index in [9.17, 15) is 0 Å². The Labute approximate surface area is 137 Å². The Balaban J connectivity index is 1.80. The normalized spacial score (nSPS) is 11.3. The molecule has 3 aromatic rings. The fourth-order valence-corrected chi connectivity index (χ4v) is 2.48. The fraction of sp³-hybridized carbons (Fsp3) is 0.250. The number of rotatable bonds is 6. The van der Waals surface area contributed by atoms with E-state index in [2.05, 4.69) is 34.0 Å². The summed E-state index contributed by atoms with van der Waals surface area (Å²) in [5, 5.41) is 1.04. The first-order chi connectivity index (χ1) is 11.4. The molecule has 3 nitrogen and oxygen atoms in total. The molecule has 0 unspecified atom stereocenters. The van der Waals surface area contributed by atoms with E-state index in [1.165, 1.54) is 19.3 Å². The number of nitrogens with zero attached hydrogens (tertiary/aromatic N) is 3. The molecule has 23 heavy (non-hydrogen) atoms. The maximum absolute atomic E-state index is 4.66. The third kappa shape index (κ3) is 4.01. The van der Waals surface area contributed by atoms with Crippen molar-refractivity contribution in [3.05, 3.63) is 60.4 Å². The number of hydrogen-bond donors (Lipinski definition) is 0. The molecule has 0 fully saturated rings. The molecule has 1 aromatic carbocycles. The van der Waals surface area contributed by atoms with Crippen LogP contribution in [0.25, 0.3) is 28.5 Å². The van der Waals surface area contributed by atoms with E-state index in [-0.39, 0.29) is 0 Å². The number of pyridine rings is 1. The summed E-state index contributed by atoms with van der Waals surface area (Å²) in [6, 6.07) is 14.0. The molecule has 0 spiro atoms. The molecule has 3 heteroatoms. The lowest BCUT2D eigenvalue weighted by molar-refractivity contribution is 0.730. The summed E-state index contributed by atoms with van der Waals surface area (Å²) in [7, 11) is 0. The zero-order chi connectivity index (χ0) is 15.9. The van der Waals surface area contributed by atoms with E-state index in [1.54, 1.807) is 0 Å². The Morgan fingerprint density at radius 1 is 0.957 bits per heavy atom. The van der Waals surface area contributed by atoms with Crippen molar-refractivity contribution >= 4 is 17.0 Å². The van der Waals surface area contributed by atoms with E-state index < -0.39 is 0 Å². The summed E-state index contributed by atoms with van der Waals surface area (Å²) >= 11 is 0. The van der Waals surface area contributed by atoms with Crippen LogP contribution in [0.3, 0.4) is 0 Å². The van der Waals surface area contributed by atoms with Crippen LogP contribution < -0.4 is 0 Å². The lowest BCUT2D eigenvalue weighted by Crippen LogP contribution is -1.93. The molecule has 0 aliphatic rings. The SMILES string of the molecule is CCCCCC=Cc1cccc(-c2ncc3ccccc3n2)n1. The van der Waals surface area contributed by atoms with Gasteiger partial charge < -0.3 is 0 Å². The Morgan fingerprint density at radius 2 is 1.87 bits per heavy atom. The minimum atomic E-state index is 0.671. The van der Waals surface area contributed by atoms with Crippen molar-refractivity contribution in [1.82, 2.24) is 15.0 Å². The van der Waals surface area contributed by atoms with Crippen molar-refractivity contribution in [3.8, 4) is 11.5 Å². The molecule has 2 aromatic heterocycles. The molecule has 3 rings (SSSR count). The number of unbranched alkanes of at least 4 members (excludes halogenated alkanes) is 3. The molecule has 0 radical (unpaired) electrons. The van der Waals surface area contributed by atoms with E-state index in [0.717, 1.165) is 28.7 Å². The van der Waals surface area contributed by atoms with Gasteiger partial charge in [0.15, 0.2) is 5.82 Å². The molecule has 0 amide bonds. The molecule has 116 valence electrons. The van der Waals surface area contributed by atoms with Crippen LogP contribution in [-0.4, -0.2) is 15.0 Å². The van der Waals surface area contributed by atoms with Gasteiger partial charge in [-0.3, -0.25) is 0 Å². The molecular formula is C20H21N3. The summed E-state index contributed by atoms with van der Waals surface area (Å²) in [5.41, 5.74) is 2.71. The van der Waals surface area contributed by atoms with Gasteiger partial charge in [-0.1, -0.05) is 50.1 Å². The predicted molar refractivity (Wildman–Crippen MR) is 95.9 cm³/mol. The molecule has 0 N–H and O–H groups in total. The molecular weight excluding hydrogens is 282 g/mol. The molecule has 0 aliphatic carbocycles. The molecule has 0 aliphatic heterocycles. The first-order valence-electron chi connectivity index (χ1n) is 8.22. The summed E-state index contributed by atoms with van der Waals surface area (Å²) < 4.78 is 0. The van der Waals surface area contributed by atoms with Gasteiger partial charge in [-0.25, -0.2) is 15.0 Å². The van der Waals surface area contributed by atoms with E-state index >= 15 is 0 Å². The first kappa shape index (κ1) is 15.3. The zero-order valence-corrected chi connectivity index (χ0v) is 13.4. The Hall–Kier alpha value is -2.55. The highest BCUT2D eigenvalue weighted by Crippen LogP contribution is 2.17. The highest BCUT2D eigenvalue weighted by atomic mass is 14.9. The Kier molecular flexibility index (Phi) is 5.09. The highest BCUT2D eigenvalue weighted by Gasteiger charge is 2.04. The second kappa shape index (κ2) is 7.63. The van der Waals surface area contributed by atoms with Crippen LogP contribution in [0.5, 0.6) is 0 Å². The number of fused-ring (bicyclic) bond motifs is 1. The minimum absolute atomic E-state index is 0.671. The maximum atomic E-state index is 4.66. The standard InChI is InChI=1S/C20H21N3/c1-2-3-4-5-6-11-17-12-9-14-19(22-17)20-21-15-16-10-7-8-13-18(16)23-20/h6-15H,2-5H2,1H3. The van der Waals surface area contributed by atoms with Gasteiger partial charge in [0.2, 0.25) is 0 Å². The van der Waals surface area contributed by atoms with E-state index in [4.69, 9.17) is 0 Å². The van der Waals surface area contributed by atoms with Gasteiger partial charge in [-0.2, -0.15) is 0 Å². The lowest BCUT2D eigenvalue weighted by atomic mass is 10.2. The third-order valence-electron chi connectivity index (χ3n) is 3.75. The molecule has 0 atom stereocenters. The van der Waals surface area contributed by atoms with Gasteiger partial charge >= 0.3 is 0 Å². The van der Waals surface area contributed by atoms with Gasteiger partial charge in [-0.05, 0) is 37.1 Å². The summed E-state index contributed by atoms with van der Waals surface area (Å²) in [5.74, 6) is 0.671. The number of para-hydroxylation sites is 1. The van der Waals surface area contributed by atoms with Crippen molar-refractivity contribution in [2.75, 3.05) is 0 Å². The van der Waals surface area contributed by atoms with Crippen LogP contribution in [0.15, 0.2) is 54.7 Å². The Morgan fingerprint density at radius 3 is 2.78 bits per heavy atom. The summed E-state index contributed by atoms with van der Waals surface area (Å²) in [6.45, 7) is 2.22. The number of allylic oxidation sites excluding steroid dienone is 1. The van der Waals surface area contributed by atoms with E-state index in [0.29, 0.717) is 5.82 Å². The third-order valence-corrected chi connectivity index (χ3v) is 3.75. The van der Waals surface area contributed by atoms with Crippen LogP contribution in [0.2, 0.25) is 0 Å². The van der Waals surface area contributed by atoms with Crippen LogP contribution in [0, 0.1) is 0 Å². The lowest BCUT2D eigenvalue weighted by Gasteiger charge is -2.02. The number of benzene rings is 1. The van der Waals surface area contributed by atoms with Gasteiger partial charge in [-0.15, -0.1) is 0 Å². The van der Waals surface area contributed by atoms with Crippen molar-refractivity contribution < 1.29 is 0 Å². The van der Waals surface area contributed by atoms with Crippen molar-refractivity contribution in [2.24, 2.45) is 0 Å². The van der Waals surface area contributed by atoms with Crippen LogP contribution in [0.1, 0.15) is 38.3 Å². The average Bonchev–Trinajstić information content (AvgIpc) is 2.61. The molecule has 0 saturated carbocycles. The minimum Gasteiger partial charge on any atom is -0.245 e. The monoisotopic (exact) mass is 303 g/mol. The van der Waals surface area contributed by atoms with Crippen molar-refractivity contribution in [2.45, 2.75) is 32.6 Å². The Bertz CT molecular complexity index is 809. The summed E-state index contributed by atoms with van der Waals surface area (Å²) in [6.07, 6.45) is 11.0. The van der Waals surface area contributed by atoms with Crippen molar-refractivity contribution in [1.29, 1.82) is 0 Å². The topological polar surface area (TPSA) is 38.7 Å². The molecule has 0 bridgehead atoms. The van der Waals surface area contributed by atoms with Gasteiger partial charge in [0.25, 0.3) is 0 Å². The number of aromatic nitrogens is 3. The first-order valence-corrected chi connectivity index (χ1v) is 8.22. The second-order valence-electron chi connectivity index (χ2n) is 5.60. The zero-order valence-electron chi connectivity index (χ0n) is 13.4. The number of hydrogen-bond acceptors (Lipinski definition) is 3. The van der Waals surface area contributed by atoms with Crippen LogP contribution in [-0.2, 0) is 0 Å². The van der Waals surface area contributed by atoms with E-state index in [1.807, 2.05) is 48.7 Å². The quantitative estimate of drug-likeness (QED) is 0.581. The van der Waals surface area contributed by atoms with Crippen LogP contribution in [0.4, 0.5) is 0 Å². The molecule has 0 saturated heterocycles. The van der Waals surface area contributed by atoms with Crippen molar-refractivity contribution in [3.63, 3.8) is 0 Å². The smallest absolute Gasteiger partial charge is 0.178 e. The van der Waals surface area contributed by atoms with Crippen LogP contribution >= 0.6 is 0 Å². The average molecular weight is 303 g/mol. The largest absolute Gasteiger partial charge is 0.245 e. The van der Waals surface area contributed by atoms with Gasteiger partial charge in [0.05, 0.1) is 11.2 Å². The fourth-order valence-electron chi connectivity index (χ4n) is 2.48. The van der Waals surface area contributed by atoms with Gasteiger partial charge in [0.1, 0.15) is 5.69 Å². The predicted octanol–water partition coefficient (Wildman–Crippen LogP) is 5.29. The summed E-state index contributed by atoms with van der Waals surface area (Å²) in [4.78, 5) is 13.7.